The number of rotatable bonds is 3. The molecular weight excluding hydrogens is 266 g/mol. The predicted octanol–water partition coefficient (Wildman–Crippen LogP) is 1.58. The molecule has 0 bridgehead atoms. The number of nitrogens with zero attached hydrogens (tertiary/aromatic N) is 3. The van der Waals surface area contributed by atoms with Crippen molar-refractivity contribution in [3.05, 3.63) is 29.3 Å². The van der Waals surface area contributed by atoms with Crippen LogP contribution in [-0.2, 0) is 11.2 Å². The highest BCUT2D eigenvalue weighted by Gasteiger charge is 2.36. The number of hydrogen-bond acceptors (Lipinski definition) is 3. The number of carbonyl (C=O) groups is 2. The van der Waals surface area contributed by atoms with Crippen molar-refractivity contribution in [3.8, 4) is 6.07 Å². The lowest BCUT2D eigenvalue weighted by Crippen LogP contribution is -2.30. The Kier molecular flexibility index (Phi) is 3.38. The van der Waals surface area contributed by atoms with Crippen LogP contribution in [0.3, 0.4) is 0 Å². The average molecular weight is 283 g/mol. The molecule has 5 heteroatoms. The second kappa shape index (κ2) is 5.21. The highest BCUT2D eigenvalue weighted by molar-refractivity contribution is 6.00. The van der Waals surface area contributed by atoms with Crippen LogP contribution in [0.2, 0.25) is 0 Å². The normalized spacial score (nSPS) is 16.3. The van der Waals surface area contributed by atoms with Gasteiger partial charge in [0.2, 0.25) is 5.91 Å². The molecule has 108 valence electrons. The van der Waals surface area contributed by atoms with Crippen molar-refractivity contribution in [2.24, 2.45) is 5.92 Å². The molecule has 0 unspecified atom stereocenters. The van der Waals surface area contributed by atoms with Crippen LogP contribution >= 0.6 is 0 Å². The Morgan fingerprint density at radius 1 is 1.43 bits per heavy atom. The molecule has 1 aromatic rings. The molecule has 1 fully saturated rings. The third-order valence-electron chi connectivity index (χ3n) is 4.07. The van der Waals surface area contributed by atoms with E-state index < -0.39 is 0 Å². The first-order valence-corrected chi connectivity index (χ1v) is 7.18. The lowest BCUT2D eigenvalue weighted by atomic mass is 10.1. The van der Waals surface area contributed by atoms with E-state index in [0.717, 1.165) is 30.5 Å². The lowest BCUT2D eigenvalue weighted by molar-refractivity contribution is -0.119. The van der Waals surface area contributed by atoms with Crippen LogP contribution < -0.4 is 4.90 Å². The van der Waals surface area contributed by atoms with Crippen LogP contribution in [-0.4, -0.2) is 36.9 Å². The first-order chi connectivity index (χ1) is 10.1. The van der Waals surface area contributed by atoms with E-state index in [4.69, 9.17) is 5.26 Å². The highest BCUT2D eigenvalue weighted by Crippen LogP contribution is 2.36. The summed E-state index contributed by atoms with van der Waals surface area (Å²) in [6.07, 6.45) is 2.79. The van der Waals surface area contributed by atoms with Crippen LogP contribution in [0, 0.1) is 17.2 Å². The highest BCUT2D eigenvalue weighted by atomic mass is 16.2. The first kappa shape index (κ1) is 13.6. The molecule has 1 heterocycles. The van der Waals surface area contributed by atoms with Gasteiger partial charge in [-0.25, -0.2) is 0 Å². The van der Waals surface area contributed by atoms with E-state index in [-0.39, 0.29) is 24.3 Å². The number of fused-ring (bicyclic) bond motifs is 1. The fourth-order valence-corrected chi connectivity index (χ4v) is 2.71. The van der Waals surface area contributed by atoms with Crippen molar-refractivity contribution >= 4 is 17.5 Å². The molecule has 21 heavy (non-hydrogen) atoms. The minimum Gasteiger partial charge on any atom is -0.328 e. The minimum absolute atomic E-state index is 0.0716. The second-order valence-electron chi connectivity index (χ2n) is 5.68. The molecule has 0 radical (unpaired) electrons. The summed E-state index contributed by atoms with van der Waals surface area (Å²) < 4.78 is 0. The molecule has 1 saturated carbocycles. The molecular formula is C16H17N3O2. The summed E-state index contributed by atoms with van der Waals surface area (Å²) in [6, 6.07) is 7.42. The maximum absolute atomic E-state index is 12.2. The summed E-state index contributed by atoms with van der Waals surface area (Å²) in [5.41, 5.74) is 2.55. The fraction of sp³-hybridized carbons (Fsp3) is 0.438. The Morgan fingerprint density at radius 2 is 2.19 bits per heavy atom. The Labute approximate surface area is 123 Å². The van der Waals surface area contributed by atoms with Crippen LogP contribution in [0.25, 0.3) is 0 Å². The Morgan fingerprint density at radius 3 is 2.86 bits per heavy atom. The quantitative estimate of drug-likeness (QED) is 0.791. The summed E-state index contributed by atoms with van der Waals surface area (Å²) in [6.45, 7) is 0.776. The van der Waals surface area contributed by atoms with Gasteiger partial charge in [0.15, 0.2) is 0 Å². The lowest BCUT2D eigenvalue weighted by Gasteiger charge is -2.18. The van der Waals surface area contributed by atoms with Crippen LogP contribution in [0.15, 0.2) is 18.2 Å². The summed E-state index contributed by atoms with van der Waals surface area (Å²) in [4.78, 5) is 27.6. The number of nitriles is 1. The molecule has 2 amide bonds. The van der Waals surface area contributed by atoms with Crippen molar-refractivity contribution in [1.29, 1.82) is 5.26 Å². The van der Waals surface area contributed by atoms with E-state index in [9.17, 15) is 9.59 Å². The van der Waals surface area contributed by atoms with E-state index in [1.807, 2.05) is 23.1 Å². The summed E-state index contributed by atoms with van der Waals surface area (Å²) in [5, 5.41) is 8.65. The number of amides is 2. The first-order valence-electron chi connectivity index (χ1n) is 7.18. The predicted molar refractivity (Wildman–Crippen MR) is 77.8 cm³/mol. The summed E-state index contributed by atoms with van der Waals surface area (Å²) >= 11 is 0. The van der Waals surface area contributed by atoms with E-state index >= 15 is 0 Å². The van der Waals surface area contributed by atoms with Gasteiger partial charge >= 0.3 is 0 Å². The Balaban J connectivity index is 1.82. The number of carbonyl (C=O) groups excluding carboxylic acids is 2. The molecule has 0 N–H and O–H groups in total. The second-order valence-corrected chi connectivity index (χ2v) is 5.68. The van der Waals surface area contributed by atoms with E-state index in [1.54, 1.807) is 13.1 Å². The SMILES string of the molecule is CN(CC#N)C(=O)c1ccc2c(c1)CCN2C(=O)C1CC1. The van der Waals surface area contributed by atoms with E-state index in [0.29, 0.717) is 12.1 Å². The molecule has 1 aromatic carbocycles. The Bertz CT molecular complexity index is 643. The smallest absolute Gasteiger partial charge is 0.254 e. The van der Waals surface area contributed by atoms with Gasteiger partial charge in [-0.05, 0) is 43.0 Å². The van der Waals surface area contributed by atoms with Gasteiger partial charge in [0.1, 0.15) is 6.54 Å². The molecule has 5 nitrogen and oxygen atoms in total. The summed E-state index contributed by atoms with van der Waals surface area (Å²) in [5.74, 6) is 0.264. The van der Waals surface area contributed by atoms with Gasteiger partial charge in [-0.3, -0.25) is 9.59 Å². The zero-order chi connectivity index (χ0) is 15.0. The van der Waals surface area contributed by atoms with Gasteiger partial charge < -0.3 is 9.80 Å². The van der Waals surface area contributed by atoms with Crippen molar-refractivity contribution in [2.45, 2.75) is 19.3 Å². The molecule has 1 aliphatic heterocycles. The fourth-order valence-electron chi connectivity index (χ4n) is 2.71. The molecule has 3 rings (SSSR count). The zero-order valence-electron chi connectivity index (χ0n) is 12.0. The monoisotopic (exact) mass is 283 g/mol. The molecule has 0 spiro atoms. The van der Waals surface area contributed by atoms with Gasteiger partial charge in [0.05, 0.1) is 6.07 Å². The van der Waals surface area contributed by atoms with Gasteiger partial charge in [-0.1, -0.05) is 0 Å². The summed E-state index contributed by atoms with van der Waals surface area (Å²) in [7, 11) is 1.61. The topological polar surface area (TPSA) is 64.4 Å². The van der Waals surface area contributed by atoms with Crippen molar-refractivity contribution in [1.82, 2.24) is 4.90 Å². The van der Waals surface area contributed by atoms with Gasteiger partial charge in [0, 0.05) is 30.8 Å². The third kappa shape index (κ3) is 2.49. The van der Waals surface area contributed by atoms with Crippen LogP contribution in [0.4, 0.5) is 5.69 Å². The van der Waals surface area contributed by atoms with E-state index in [2.05, 4.69) is 0 Å². The molecule has 0 saturated heterocycles. The maximum atomic E-state index is 12.2. The largest absolute Gasteiger partial charge is 0.328 e. The van der Waals surface area contributed by atoms with Gasteiger partial charge in [0.25, 0.3) is 5.91 Å². The molecule has 0 aromatic heterocycles. The van der Waals surface area contributed by atoms with Crippen molar-refractivity contribution < 1.29 is 9.59 Å². The number of benzene rings is 1. The number of hydrogen-bond donors (Lipinski definition) is 0. The van der Waals surface area contributed by atoms with Crippen LogP contribution in [0.5, 0.6) is 0 Å². The van der Waals surface area contributed by atoms with Crippen molar-refractivity contribution in [2.75, 3.05) is 25.0 Å². The Hall–Kier alpha value is -2.35. The third-order valence-corrected chi connectivity index (χ3v) is 4.07. The number of anilines is 1. The van der Waals surface area contributed by atoms with Gasteiger partial charge in [-0.15, -0.1) is 0 Å². The minimum atomic E-state index is -0.161. The van der Waals surface area contributed by atoms with E-state index in [1.165, 1.54) is 4.90 Å². The zero-order valence-corrected chi connectivity index (χ0v) is 12.0. The molecule has 0 atom stereocenters. The van der Waals surface area contributed by atoms with Crippen molar-refractivity contribution in [3.63, 3.8) is 0 Å². The molecule has 1 aliphatic carbocycles. The molecule has 2 aliphatic rings. The maximum Gasteiger partial charge on any atom is 0.254 e. The van der Waals surface area contributed by atoms with Gasteiger partial charge in [-0.2, -0.15) is 5.26 Å². The van der Waals surface area contributed by atoms with Crippen LogP contribution in [0.1, 0.15) is 28.8 Å². The average Bonchev–Trinajstić information content (AvgIpc) is 3.25. The standard InChI is InChI=1S/C16H17N3O2/c1-18(9-7-17)15(20)13-4-5-14-12(10-13)6-8-19(14)16(21)11-2-3-11/h4-5,10-11H,2-3,6,8-9H2,1H3.